The van der Waals surface area contributed by atoms with Crippen molar-refractivity contribution in [3.8, 4) is 11.5 Å². The summed E-state index contributed by atoms with van der Waals surface area (Å²) in [6.07, 6.45) is -3.72. The molecular formula is C22H45NO15. The van der Waals surface area contributed by atoms with Crippen LogP contribution in [0.3, 0.4) is 0 Å². The van der Waals surface area contributed by atoms with Gasteiger partial charge in [0.2, 0.25) is 6.29 Å². The first kappa shape index (κ1) is 42.9. The Balaban J connectivity index is -0.000000826. The third kappa shape index (κ3) is 7.92. The Kier molecular flexibility index (Phi) is 19.6. The van der Waals surface area contributed by atoms with Gasteiger partial charge in [-0.2, -0.15) is 0 Å². The molecule has 228 valence electrons. The first-order chi connectivity index (χ1) is 14.8. The Morgan fingerprint density at radius 3 is 2.21 bits per heavy atom. The lowest BCUT2D eigenvalue weighted by molar-refractivity contribution is -0.271. The summed E-state index contributed by atoms with van der Waals surface area (Å²) in [7, 11) is 0. The van der Waals surface area contributed by atoms with Crippen molar-refractivity contribution in [2.75, 3.05) is 13.1 Å². The number of aliphatic hydroxyl groups is 3. The van der Waals surface area contributed by atoms with Gasteiger partial charge in [0.05, 0.1) is 0 Å². The predicted molar refractivity (Wildman–Crippen MR) is 134 cm³/mol. The second-order valence-corrected chi connectivity index (χ2v) is 8.82. The number of carbonyl (C=O) groups is 1. The number of aromatic hydroxyl groups is 1. The normalized spacial score (nSPS) is 29.2. The monoisotopic (exact) mass is 563 g/mol. The van der Waals surface area contributed by atoms with E-state index < -0.39 is 36.7 Å². The molecule has 7 atom stereocenters. The van der Waals surface area contributed by atoms with E-state index in [1.807, 2.05) is 6.07 Å². The average Bonchev–Trinajstić information content (AvgIpc) is 2.75. The lowest BCUT2D eigenvalue weighted by Crippen LogP contribution is -2.61. The number of aliphatic carboxylic acids is 1. The van der Waals surface area contributed by atoms with Crippen molar-refractivity contribution in [2.24, 2.45) is 5.92 Å². The van der Waals surface area contributed by atoms with Gasteiger partial charge in [0, 0.05) is 11.6 Å². The van der Waals surface area contributed by atoms with Gasteiger partial charge < -0.3 is 73.3 Å². The molecule has 38 heavy (non-hydrogen) atoms. The molecule has 0 radical (unpaired) electrons. The largest absolute Gasteiger partial charge is 0.504 e. The summed E-state index contributed by atoms with van der Waals surface area (Å²) in [5.41, 5.74) is 1.86. The van der Waals surface area contributed by atoms with E-state index in [-0.39, 0.29) is 49.8 Å². The fourth-order valence-electron chi connectivity index (χ4n) is 5.27. The first-order valence-corrected chi connectivity index (χ1v) is 11.0. The second kappa shape index (κ2) is 17.4. The van der Waals surface area contributed by atoms with E-state index in [9.17, 15) is 30.3 Å². The molecule has 0 bridgehead atoms. The van der Waals surface area contributed by atoms with Crippen molar-refractivity contribution in [2.45, 2.75) is 75.8 Å². The summed E-state index contributed by atoms with van der Waals surface area (Å²) in [6.45, 7) is 4.32. The van der Waals surface area contributed by atoms with Crippen molar-refractivity contribution < 1.29 is 78.1 Å². The van der Waals surface area contributed by atoms with Crippen LogP contribution in [0.5, 0.6) is 11.5 Å². The molecule has 16 heteroatoms. The van der Waals surface area contributed by atoms with Gasteiger partial charge in [-0.1, -0.05) is 13.0 Å². The van der Waals surface area contributed by atoms with E-state index in [0.717, 1.165) is 49.9 Å². The van der Waals surface area contributed by atoms with Gasteiger partial charge >= 0.3 is 5.97 Å². The minimum Gasteiger partial charge on any atom is -0.504 e. The standard InChI is InChI=1S/C22H31NO8.7H2O/c1-2-7-23-8-3-4-12-9-13-11(10-14(12)23)5-6-15(24)19(13)30-22-18(27)16(25)17(26)20(31-22)21(28)29;;;;;;;/h5-6,12,14,16-18,20,22,24-27H,2-4,7-10H2,1H3,(H,28,29);7*1H2/t12-,14-,16+,17+,18-,20+,22-;;;;;;;/m1......./s1. The van der Waals surface area contributed by atoms with Crippen LogP contribution in [0.25, 0.3) is 0 Å². The number of fused-ring (bicyclic) bond motifs is 2. The van der Waals surface area contributed by atoms with Crippen molar-refractivity contribution >= 4 is 5.97 Å². The average molecular weight is 564 g/mol. The van der Waals surface area contributed by atoms with E-state index >= 15 is 0 Å². The Labute approximate surface area is 219 Å². The fourth-order valence-corrected chi connectivity index (χ4v) is 5.27. The molecule has 2 heterocycles. The predicted octanol–water partition coefficient (Wildman–Crippen LogP) is -5.52. The fraction of sp³-hybridized carbons (Fsp3) is 0.682. The second-order valence-electron chi connectivity index (χ2n) is 8.82. The number of benzene rings is 1. The van der Waals surface area contributed by atoms with Crippen molar-refractivity contribution in [3.05, 3.63) is 23.3 Å². The number of piperidine rings is 1. The first-order valence-electron chi connectivity index (χ1n) is 11.0. The lowest BCUT2D eigenvalue weighted by Gasteiger charge is -2.45. The number of hydrogen-bond acceptors (Lipinski definition) is 8. The summed E-state index contributed by atoms with van der Waals surface area (Å²) >= 11 is 0. The SMILES string of the molecule is CCCN1CCC[C@@H]2Cc3c(ccc(O)c3O[C@@H]3O[C@H](C(=O)O)[C@@H](O)[C@H](O)[C@H]3O)C[C@H]21.O.O.O.O.O.O.O. The van der Waals surface area contributed by atoms with E-state index in [0.29, 0.717) is 18.4 Å². The molecule has 1 aromatic rings. The van der Waals surface area contributed by atoms with Crippen molar-refractivity contribution in [3.63, 3.8) is 0 Å². The number of phenolic OH excluding ortho intramolecular Hbond substituents is 1. The molecular weight excluding hydrogens is 518 g/mol. The topological polar surface area (TPSA) is 360 Å². The van der Waals surface area contributed by atoms with Gasteiger partial charge in [-0.3, -0.25) is 4.90 Å². The maximum absolute atomic E-state index is 11.4. The zero-order valence-corrected chi connectivity index (χ0v) is 21.1. The number of aliphatic hydroxyl groups excluding tert-OH is 3. The molecule has 3 aliphatic rings. The molecule has 2 fully saturated rings. The highest BCUT2D eigenvalue weighted by Crippen LogP contribution is 2.43. The van der Waals surface area contributed by atoms with Crippen LogP contribution in [0.2, 0.25) is 0 Å². The maximum Gasteiger partial charge on any atom is 0.335 e. The Morgan fingerprint density at radius 1 is 1.00 bits per heavy atom. The summed E-state index contributed by atoms with van der Waals surface area (Å²) < 4.78 is 11.0. The van der Waals surface area contributed by atoms with Crippen LogP contribution in [-0.4, -0.2) is 125 Å². The molecule has 0 unspecified atom stereocenters. The minimum absolute atomic E-state index is 0. The summed E-state index contributed by atoms with van der Waals surface area (Å²) in [4.78, 5) is 13.9. The Hall–Kier alpha value is -2.19. The van der Waals surface area contributed by atoms with E-state index in [2.05, 4.69) is 11.8 Å². The zero-order chi connectivity index (χ0) is 22.3. The summed E-state index contributed by atoms with van der Waals surface area (Å²) in [5.74, 6) is -1.07. The number of nitrogens with zero attached hydrogens (tertiary/aromatic N) is 1. The van der Waals surface area contributed by atoms with Crippen molar-refractivity contribution in [1.82, 2.24) is 4.90 Å². The van der Waals surface area contributed by atoms with Crippen molar-refractivity contribution in [1.29, 1.82) is 0 Å². The molecule has 0 aromatic heterocycles. The molecule has 4 rings (SSSR count). The Bertz CT molecular complexity index is 826. The number of rotatable bonds is 5. The number of hydrogen-bond donors (Lipinski definition) is 5. The van der Waals surface area contributed by atoms with Gasteiger partial charge in [0.15, 0.2) is 17.6 Å². The highest BCUT2D eigenvalue weighted by molar-refractivity contribution is 5.73. The third-order valence-corrected chi connectivity index (χ3v) is 6.82. The summed E-state index contributed by atoms with van der Waals surface area (Å²) in [5, 5.41) is 50.0. The number of phenols is 1. The van der Waals surface area contributed by atoms with Crippen LogP contribution in [-0.2, 0) is 22.4 Å². The number of ether oxygens (including phenoxy) is 2. The van der Waals surface area contributed by atoms with Crippen LogP contribution in [0, 0.1) is 5.92 Å². The van der Waals surface area contributed by atoms with Gasteiger partial charge in [-0.25, -0.2) is 4.79 Å². The minimum atomic E-state index is -1.79. The maximum atomic E-state index is 11.4. The molecule has 0 spiro atoms. The number of carboxylic acid groups (broad SMARTS) is 1. The van der Waals surface area contributed by atoms with Gasteiger partial charge in [0.1, 0.15) is 18.3 Å². The quantitative estimate of drug-likeness (QED) is 0.227. The van der Waals surface area contributed by atoms with Crippen LogP contribution in [0.15, 0.2) is 12.1 Å². The summed E-state index contributed by atoms with van der Waals surface area (Å²) in [6, 6.07) is 3.84. The number of likely N-dealkylation sites (tertiary alicyclic amines) is 1. The van der Waals surface area contributed by atoms with E-state index in [4.69, 9.17) is 9.47 Å². The highest BCUT2D eigenvalue weighted by atomic mass is 16.7. The molecule has 16 nitrogen and oxygen atoms in total. The molecule has 2 aliphatic heterocycles. The van der Waals surface area contributed by atoms with Crippen LogP contribution in [0.1, 0.15) is 37.3 Å². The third-order valence-electron chi connectivity index (χ3n) is 6.82. The Morgan fingerprint density at radius 2 is 1.63 bits per heavy atom. The number of carboxylic acids is 1. The van der Waals surface area contributed by atoms with Crippen LogP contribution < -0.4 is 4.74 Å². The van der Waals surface area contributed by atoms with Crippen LogP contribution >= 0.6 is 0 Å². The molecule has 2 saturated heterocycles. The van der Waals surface area contributed by atoms with E-state index in [1.54, 1.807) is 0 Å². The smallest absolute Gasteiger partial charge is 0.335 e. The molecule has 19 N–H and O–H groups in total. The molecule has 1 aliphatic carbocycles. The van der Waals surface area contributed by atoms with Gasteiger partial charge in [-0.15, -0.1) is 0 Å². The van der Waals surface area contributed by atoms with Gasteiger partial charge in [0.25, 0.3) is 0 Å². The lowest BCUT2D eigenvalue weighted by atomic mass is 9.75. The molecule has 0 amide bonds. The molecule has 1 aromatic carbocycles. The zero-order valence-electron chi connectivity index (χ0n) is 21.1. The van der Waals surface area contributed by atoms with Gasteiger partial charge in [-0.05, 0) is 62.7 Å². The van der Waals surface area contributed by atoms with E-state index in [1.165, 1.54) is 6.07 Å². The molecule has 0 saturated carbocycles. The highest BCUT2D eigenvalue weighted by Gasteiger charge is 2.48. The van der Waals surface area contributed by atoms with Crippen LogP contribution in [0.4, 0.5) is 0 Å².